The number of carbonyl (C=O) groups excluding carboxylic acids is 1. The molecule has 0 aliphatic rings. The molecule has 4 aromatic carbocycles. The normalized spacial score (nSPS) is 11.1. The molecule has 0 unspecified atom stereocenters. The molecule has 0 N–H and O–H groups in total. The molecule has 0 atom stereocenters. The molecule has 1 amide bonds. The number of para-hydroxylation sites is 2. The number of fused-ring (bicyclic) bond motifs is 1. The Kier molecular flexibility index (Phi) is 6.24. The van der Waals surface area contributed by atoms with E-state index in [-0.39, 0.29) is 11.8 Å². The van der Waals surface area contributed by atoms with E-state index >= 15 is 0 Å². The van der Waals surface area contributed by atoms with Gasteiger partial charge in [-0.05, 0) is 46.4 Å². The summed E-state index contributed by atoms with van der Waals surface area (Å²) in [5, 5.41) is 0.709. The van der Waals surface area contributed by atoms with E-state index in [2.05, 4.69) is 50.2 Å². The SMILES string of the molecule is CC(C)c1ccccc1N(C(=O)Cc1ccc(-c2ccccc2)cc1)c1nc2ccccc2s1. The lowest BCUT2D eigenvalue weighted by Gasteiger charge is -2.24. The number of nitrogens with zero attached hydrogens (tertiary/aromatic N) is 2. The van der Waals surface area contributed by atoms with E-state index in [4.69, 9.17) is 4.98 Å². The standard InChI is InChI=1S/C30H26N2OS/c1-21(2)25-12-6-8-14-27(25)32(30-31-26-13-7-9-15-28(26)34-30)29(33)20-22-16-18-24(19-17-22)23-10-4-3-5-11-23/h3-19,21H,20H2,1-2H3. The Hall–Kier alpha value is -3.76. The van der Waals surface area contributed by atoms with Crippen molar-refractivity contribution in [3.05, 3.63) is 114 Å². The second kappa shape index (κ2) is 9.62. The van der Waals surface area contributed by atoms with Crippen LogP contribution < -0.4 is 4.90 Å². The summed E-state index contributed by atoms with van der Waals surface area (Å²) >= 11 is 1.55. The highest BCUT2D eigenvalue weighted by atomic mass is 32.1. The Labute approximate surface area is 204 Å². The first-order valence-electron chi connectivity index (χ1n) is 11.5. The maximum absolute atomic E-state index is 13.8. The van der Waals surface area contributed by atoms with Crippen molar-refractivity contribution in [3.8, 4) is 11.1 Å². The third kappa shape index (κ3) is 4.50. The molecule has 1 aromatic heterocycles. The quantitative estimate of drug-likeness (QED) is 0.256. The van der Waals surface area contributed by atoms with Crippen LogP contribution in [0.25, 0.3) is 21.3 Å². The van der Waals surface area contributed by atoms with E-state index in [0.29, 0.717) is 11.6 Å². The van der Waals surface area contributed by atoms with Gasteiger partial charge in [-0.1, -0.05) is 110 Å². The molecule has 5 aromatic rings. The molecular weight excluding hydrogens is 436 g/mol. The van der Waals surface area contributed by atoms with Gasteiger partial charge in [-0.15, -0.1) is 0 Å². The molecule has 0 spiro atoms. The average Bonchev–Trinajstić information content (AvgIpc) is 3.29. The molecule has 0 saturated heterocycles. The van der Waals surface area contributed by atoms with Gasteiger partial charge in [0.05, 0.1) is 22.3 Å². The van der Waals surface area contributed by atoms with E-state index in [9.17, 15) is 4.79 Å². The lowest BCUT2D eigenvalue weighted by molar-refractivity contribution is -0.117. The lowest BCUT2D eigenvalue weighted by Crippen LogP contribution is -2.28. The molecular formula is C30H26N2OS. The molecule has 0 saturated carbocycles. The van der Waals surface area contributed by atoms with E-state index in [1.807, 2.05) is 71.6 Å². The summed E-state index contributed by atoms with van der Waals surface area (Å²) in [6.45, 7) is 4.31. The van der Waals surface area contributed by atoms with E-state index in [1.165, 1.54) is 5.56 Å². The summed E-state index contributed by atoms with van der Waals surface area (Å²) < 4.78 is 1.07. The first kappa shape index (κ1) is 22.1. The summed E-state index contributed by atoms with van der Waals surface area (Å²) in [6.07, 6.45) is 0.303. The monoisotopic (exact) mass is 462 g/mol. The number of carbonyl (C=O) groups is 1. The summed E-state index contributed by atoms with van der Waals surface area (Å²) in [4.78, 5) is 20.5. The Morgan fingerprint density at radius 1 is 0.794 bits per heavy atom. The van der Waals surface area contributed by atoms with Crippen molar-refractivity contribution in [1.82, 2.24) is 4.98 Å². The van der Waals surface area contributed by atoms with Gasteiger partial charge in [0.2, 0.25) is 5.91 Å². The zero-order valence-corrected chi connectivity index (χ0v) is 20.1. The van der Waals surface area contributed by atoms with Gasteiger partial charge in [0.25, 0.3) is 0 Å². The zero-order valence-electron chi connectivity index (χ0n) is 19.3. The van der Waals surface area contributed by atoms with Gasteiger partial charge in [0, 0.05) is 0 Å². The molecule has 5 rings (SSSR count). The highest BCUT2D eigenvalue weighted by Crippen LogP contribution is 2.37. The Morgan fingerprint density at radius 2 is 1.44 bits per heavy atom. The fourth-order valence-electron chi connectivity index (χ4n) is 4.18. The fraction of sp³-hybridized carbons (Fsp3) is 0.133. The van der Waals surface area contributed by atoms with Gasteiger partial charge < -0.3 is 0 Å². The molecule has 168 valence electrons. The van der Waals surface area contributed by atoms with Crippen LogP contribution >= 0.6 is 11.3 Å². The minimum atomic E-state index is 0.0135. The van der Waals surface area contributed by atoms with Gasteiger partial charge in [0.15, 0.2) is 5.13 Å². The second-order valence-corrected chi connectivity index (χ2v) is 9.66. The van der Waals surface area contributed by atoms with Crippen molar-refractivity contribution >= 4 is 38.3 Å². The largest absolute Gasteiger partial charge is 0.274 e. The first-order chi connectivity index (χ1) is 16.6. The van der Waals surface area contributed by atoms with Crippen molar-refractivity contribution < 1.29 is 4.79 Å². The number of thiazole rings is 1. The molecule has 4 heteroatoms. The topological polar surface area (TPSA) is 33.2 Å². The number of benzene rings is 4. The number of rotatable bonds is 6. The maximum Gasteiger partial charge on any atom is 0.237 e. The summed E-state index contributed by atoms with van der Waals surface area (Å²) in [6, 6.07) is 34.7. The minimum Gasteiger partial charge on any atom is -0.274 e. The summed E-state index contributed by atoms with van der Waals surface area (Å²) in [5.41, 5.74) is 6.25. The summed E-state index contributed by atoms with van der Waals surface area (Å²) in [7, 11) is 0. The number of hydrogen-bond acceptors (Lipinski definition) is 3. The van der Waals surface area contributed by atoms with E-state index in [0.717, 1.165) is 32.6 Å². The molecule has 1 heterocycles. The molecule has 0 radical (unpaired) electrons. The Morgan fingerprint density at radius 3 is 2.18 bits per heavy atom. The van der Waals surface area contributed by atoms with Crippen LogP contribution in [0.3, 0.4) is 0 Å². The van der Waals surface area contributed by atoms with Crippen LogP contribution in [0.15, 0.2) is 103 Å². The highest BCUT2D eigenvalue weighted by Gasteiger charge is 2.25. The molecule has 0 aliphatic heterocycles. The number of anilines is 2. The van der Waals surface area contributed by atoms with Crippen molar-refractivity contribution in [2.24, 2.45) is 0 Å². The van der Waals surface area contributed by atoms with Crippen molar-refractivity contribution in [2.75, 3.05) is 4.90 Å². The zero-order chi connectivity index (χ0) is 23.5. The molecule has 0 aliphatic carbocycles. The summed E-state index contributed by atoms with van der Waals surface area (Å²) in [5.74, 6) is 0.297. The van der Waals surface area contributed by atoms with Gasteiger partial charge in [-0.3, -0.25) is 9.69 Å². The third-order valence-corrected chi connectivity index (χ3v) is 6.96. The van der Waals surface area contributed by atoms with Crippen molar-refractivity contribution in [1.29, 1.82) is 0 Å². The second-order valence-electron chi connectivity index (χ2n) is 8.65. The van der Waals surface area contributed by atoms with Crippen LogP contribution in [0.4, 0.5) is 10.8 Å². The van der Waals surface area contributed by atoms with Crippen LogP contribution in [-0.4, -0.2) is 10.9 Å². The van der Waals surface area contributed by atoms with Crippen LogP contribution in [0.5, 0.6) is 0 Å². The molecule has 3 nitrogen and oxygen atoms in total. The number of hydrogen-bond donors (Lipinski definition) is 0. The van der Waals surface area contributed by atoms with Crippen molar-refractivity contribution in [3.63, 3.8) is 0 Å². The van der Waals surface area contributed by atoms with Crippen LogP contribution in [0.1, 0.15) is 30.9 Å². The smallest absolute Gasteiger partial charge is 0.237 e. The van der Waals surface area contributed by atoms with Gasteiger partial charge >= 0.3 is 0 Å². The lowest BCUT2D eigenvalue weighted by atomic mass is 9.99. The van der Waals surface area contributed by atoms with E-state index in [1.54, 1.807) is 11.3 Å². The first-order valence-corrected chi connectivity index (χ1v) is 12.3. The fourth-order valence-corrected chi connectivity index (χ4v) is 5.18. The van der Waals surface area contributed by atoms with Crippen LogP contribution in [-0.2, 0) is 11.2 Å². The molecule has 0 bridgehead atoms. The van der Waals surface area contributed by atoms with E-state index < -0.39 is 0 Å². The average molecular weight is 463 g/mol. The minimum absolute atomic E-state index is 0.0135. The highest BCUT2D eigenvalue weighted by molar-refractivity contribution is 7.22. The van der Waals surface area contributed by atoms with Gasteiger partial charge in [-0.2, -0.15) is 0 Å². The Balaban J connectivity index is 1.51. The predicted octanol–water partition coefficient (Wildman–Crippen LogP) is 7.99. The third-order valence-electron chi connectivity index (χ3n) is 5.94. The van der Waals surface area contributed by atoms with Crippen LogP contribution in [0, 0.1) is 0 Å². The van der Waals surface area contributed by atoms with Crippen LogP contribution in [0.2, 0.25) is 0 Å². The van der Waals surface area contributed by atoms with Crippen molar-refractivity contribution in [2.45, 2.75) is 26.2 Å². The van der Waals surface area contributed by atoms with Gasteiger partial charge in [0.1, 0.15) is 0 Å². The maximum atomic E-state index is 13.8. The van der Waals surface area contributed by atoms with Gasteiger partial charge in [-0.25, -0.2) is 4.98 Å². The number of aromatic nitrogens is 1. The molecule has 34 heavy (non-hydrogen) atoms. The predicted molar refractivity (Wildman–Crippen MR) is 143 cm³/mol. The molecule has 0 fully saturated rings. The number of amides is 1. The Bertz CT molecular complexity index is 1390.